The average molecular weight is 327 g/mol. The standard InChI is InChI=1S/C20H25NO3/c1-4-20(2,3)19(22)24-14-23-18-11-9-17(10-12-18)16-7-5-15(13-21)6-8-16/h5-12H,4,13-14,21H2,1-3H3. The molecule has 0 fully saturated rings. The Morgan fingerprint density at radius 2 is 1.54 bits per heavy atom. The van der Waals surface area contributed by atoms with Crippen LogP contribution < -0.4 is 10.5 Å². The summed E-state index contributed by atoms with van der Waals surface area (Å²) in [6.07, 6.45) is 0.726. The van der Waals surface area contributed by atoms with E-state index in [2.05, 4.69) is 0 Å². The second kappa shape index (κ2) is 7.97. The van der Waals surface area contributed by atoms with Gasteiger partial charge in [0.05, 0.1) is 5.41 Å². The molecule has 0 atom stereocenters. The molecule has 0 spiro atoms. The third kappa shape index (κ3) is 4.59. The smallest absolute Gasteiger partial charge is 0.314 e. The van der Waals surface area contributed by atoms with Gasteiger partial charge in [0, 0.05) is 6.54 Å². The number of benzene rings is 2. The van der Waals surface area contributed by atoms with Crippen molar-refractivity contribution in [1.82, 2.24) is 0 Å². The number of nitrogens with two attached hydrogens (primary N) is 1. The third-order valence-corrected chi connectivity index (χ3v) is 4.23. The minimum absolute atomic E-state index is 0.0766. The minimum atomic E-state index is -0.483. The molecule has 0 aliphatic rings. The van der Waals surface area contributed by atoms with Gasteiger partial charge in [-0.15, -0.1) is 0 Å². The summed E-state index contributed by atoms with van der Waals surface area (Å²) in [7, 11) is 0. The van der Waals surface area contributed by atoms with Gasteiger partial charge in [-0.3, -0.25) is 4.79 Å². The zero-order chi connectivity index (χ0) is 17.6. The predicted molar refractivity (Wildman–Crippen MR) is 95.4 cm³/mol. The van der Waals surface area contributed by atoms with Crippen LogP contribution in [0.4, 0.5) is 0 Å². The van der Waals surface area contributed by atoms with Gasteiger partial charge in [-0.1, -0.05) is 43.3 Å². The van der Waals surface area contributed by atoms with Gasteiger partial charge in [0.2, 0.25) is 6.79 Å². The van der Waals surface area contributed by atoms with Crippen molar-refractivity contribution in [3.05, 3.63) is 54.1 Å². The Morgan fingerprint density at radius 3 is 2.04 bits per heavy atom. The van der Waals surface area contributed by atoms with Gasteiger partial charge in [0.15, 0.2) is 0 Å². The molecule has 2 aromatic carbocycles. The van der Waals surface area contributed by atoms with E-state index in [1.165, 1.54) is 0 Å². The normalized spacial score (nSPS) is 11.2. The molecular weight excluding hydrogens is 302 g/mol. The van der Waals surface area contributed by atoms with Gasteiger partial charge in [-0.05, 0) is 49.1 Å². The molecule has 0 aromatic heterocycles. The molecule has 2 aromatic rings. The SMILES string of the molecule is CCC(C)(C)C(=O)OCOc1ccc(-c2ccc(CN)cc2)cc1. The molecule has 0 saturated carbocycles. The number of carbonyl (C=O) groups is 1. The fourth-order valence-electron chi connectivity index (χ4n) is 2.07. The number of rotatable bonds is 7. The van der Waals surface area contributed by atoms with Gasteiger partial charge in [0.25, 0.3) is 0 Å². The summed E-state index contributed by atoms with van der Waals surface area (Å²) in [6.45, 7) is 6.15. The van der Waals surface area contributed by atoms with E-state index in [0.29, 0.717) is 12.3 Å². The zero-order valence-electron chi connectivity index (χ0n) is 14.5. The summed E-state index contributed by atoms with van der Waals surface area (Å²) in [5.74, 6) is 0.418. The van der Waals surface area contributed by atoms with Crippen LogP contribution in [0.2, 0.25) is 0 Å². The lowest BCUT2D eigenvalue weighted by molar-refractivity contribution is -0.160. The van der Waals surface area contributed by atoms with Crippen molar-refractivity contribution in [3.8, 4) is 16.9 Å². The quantitative estimate of drug-likeness (QED) is 0.613. The second-order valence-electron chi connectivity index (χ2n) is 6.36. The first kappa shape index (κ1) is 18.0. The number of ether oxygens (including phenoxy) is 2. The highest BCUT2D eigenvalue weighted by atomic mass is 16.7. The highest BCUT2D eigenvalue weighted by Gasteiger charge is 2.27. The van der Waals surface area contributed by atoms with Crippen LogP contribution in [0.5, 0.6) is 5.75 Å². The van der Waals surface area contributed by atoms with E-state index >= 15 is 0 Å². The van der Waals surface area contributed by atoms with Crippen LogP contribution in [-0.2, 0) is 16.1 Å². The van der Waals surface area contributed by atoms with E-state index in [0.717, 1.165) is 23.1 Å². The highest BCUT2D eigenvalue weighted by Crippen LogP contribution is 2.24. The topological polar surface area (TPSA) is 61.5 Å². The van der Waals surface area contributed by atoms with Crippen LogP contribution in [0.3, 0.4) is 0 Å². The van der Waals surface area contributed by atoms with Crippen molar-refractivity contribution < 1.29 is 14.3 Å². The molecule has 0 aliphatic carbocycles. The van der Waals surface area contributed by atoms with E-state index in [4.69, 9.17) is 15.2 Å². The number of hydrogen-bond donors (Lipinski definition) is 1. The van der Waals surface area contributed by atoms with Gasteiger partial charge >= 0.3 is 5.97 Å². The second-order valence-corrected chi connectivity index (χ2v) is 6.36. The van der Waals surface area contributed by atoms with Crippen LogP contribution in [0.1, 0.15) is 32.8 Å². The summed E-state index contributed by atoms with van der Waals surface area (Å²) in [6, 6.07) is 15.8. The summed E-state index contributed by atoms with van der Waals surface area (Å²) in [5.41, 5.74) is 8.45. The van der Waals surface area contributed by atoms with Crippen molar-refractivity contribution in [2.45, 2.75) is 33.7 Å². The molecule has 0 aliphatic heterocycles. The maximum absolute atomic E-state index is 11.9. The Bertz CT molecular complexity index is 660. The Hall–Kier alpha value is -2.33. The molecule has 0 bridgehead atoms. The van der Waals surface area contributed by atoms with Crippen molar-refractivity contribution in [2.24, 2.45) is 11.1 Å². The van der Waals surface area contributed by atoms with Crippen LogP contribution in [0, 0.1) is 5.41 Å². The predicted octanol–water partition coefficient (Wildman–Crippen LogP) is 4.13. The summed E-state index contributed by atoms with van der Waals surface area (Å²) in [4.78, 5) is 11.9. The monoisotopic (exact) mass is 327 g/mol. The van der Waals surface area contributed by atoms with E-state index < -0.39 is 5.41 Å². The first-order chi connectivity index (χ1) is 11.5. The summed E-state index contributed by atoms with van der Waals surface area (Å²) < 4.78 is 10.7. The van der Waals surface area contributed by atoms with E-state index in [-0.39, 0.29) is 12.8 Å². The summed E-state index contributed by atoms with van der Waals surface area (Å²) >= 11 is 0. The van der Waals surface area contributed by atoms with Crippen molar-refractivity contribution >= 4 is 5.97 Å². The van der Waals surface area contributed by atoms with Gasteiger partial charge < -0.3 is 15.2 Å². The van der Waals surface area contributed by atoms with Crippen LogP contribution >= 0.6 is 0 Å². The van der Waals surface area contributed by atoms with Crippen molar-refractivity contribution in [3.63, 3.8) is 0 Å². The molecule has 2 rings (SSSR count). The molecule has 4 nitrogen and oxygen atoms in total. The largest absolute Gasteiger partial charge is 0.457 e. The molecular formula is C20H25NO3. The summed E-state index contributed by atoms with van der Waals surface area (Å²) in [5, 5.41) is 0. The van der Waals surface area contributed by atoms with Crippen LogP contribution in [0.15, 0.2) is 48.5 Å². The van der Waals surface area contributed by atoms with E-state index in [1.54, 1.807) is 0 Å². The fraction of sp³-hybridized carbons (Fsp3) is 0.350. The first-order valence-corrected chi connectivity index (χ1v) is 8.15. The fourth-order valence-corrected chi connectivity index (χ4v) is 2.07. The molecule has 0 unspecified atom stereocenters. The molecule has 0 heterocycles. The Kier molecular flexibility index (Phi) is 5.99. The lowest BCUT2D eigenvalue weighted by Gasteiger charge is -2.20. The van der Waals surface area contributed by atoms with Crippen molar-refractivity contribution in [1.29, 1.82) is 0 Å². The molecule has 128 valence electrons. The van der Waals surface area contributed by atoms with E-state index in [1.807, 2.05) is 69.3 Å². The third-order valence-electron chi connectivity index (χ3n) is 4.23. The minimum Gasteiger partial charge on any atom is -0.457 e. The zero-order valence-corrected chi connectivity index (χ0v) is 14.5. The highest BCUT2D eigenvalue weighted by molar-refractivity contribution is 5.75. The van der Waals surface area contributed by atoms with E-state index in [9.17, 15) is 4.79 Å². The molecule has 0 saturated heterocycles. The molecule has 24 heavy (non-hydrogen) atoms. The molecule has 0 amide bonds. The number of carbonyl (C=O) groups excluding carboxylic acids is 1. The molecule has 4 heteroatoms. The maximum atomic E-state index is 11.9. The van der Waals surface area contributed by atoms with Crippen molar-refractivity contribution in [2.75, 3.05) is 6.79 Å². The molecule has 2 N–H and O–H groups in total. The first-order valence-electron chi connectivity index (χ1n) is 8.15. The maximum Gasteiger partial charge on any atom is 0.314 e. The van der Waals surface area contributed by atoms with Gasteiger partial charge in [-0.2, -0.15) is 0 Å². The van der Waals surface area contributed by atoms with Crippen LogP contribution in [-0.4, -0.2) is 12.8 Å². The van der Waals surface area contributed by atoms with Crippen LogP contribution in [0.25, 0.3) is 11.1 Å². The van der Waals surface area contributed by atoms with Gasteiger partial charge in [0.1, 0.15) is 5.75 Å². The van der Waals surface area contributed by atoms with Gasteiger partial charge in [-0.25, -0.2) is 0 Å². The Labute approximate surface area is 143 Å². The Morgan fingerprint density at radius 1 is 1.00 bits per heavy atom. The lowest BCUT2D eigenvalue weighted by atomic mass is 9.91. The lowest BCUT2D eigenvalue weighted by Crippen LogP contribution is -2.27. The average Bonchev–Trinajstić information content (AvgIpc) is 2.62. The Balaban J connectivity index is 1.91. The molecule has 0 radical (unpaired) electrons. The number of hydrogen-bond acceptors (Lipinski definition) is 4. The number of esters is 1.